The summed E-state index contributed by atoms with van der Waals surface area (Å²) in [5, 5.41) is 15.4. The molecule has 3 nitrogen and oxygen atoms in total. The molecule has 17 heavy (non-hydrogen) atoms. The molecule has 4 heteroatoms. The van der Waals surface area contributed by atoms with Crippen LogP contribution >= 0.6 is 11.3 Å². The highest BCUT2D eigenvalue weighted by Crippen LogP contribution is 2.22. The Morgan fingerprint density at radius 1 is 1.47 bits per heavy atom. The largest absolute Gasteiger partial charge is 0.388 e. The molecule has 2 aromatic rings. The van der Waals surface area contributed by atoms with Gasteiger partial charge in [-0.05, 0) is 36.4 Å². The first-order chi connectivity index (χ1) is 8.25. The van der Waals surface area contributed by atoms with E-state index in [0.29, 0.717) is 6.04 Å². The highest BCUT2D eigenvalue weighted by Gasteiger charge is 2.12. The number of aliphatic hydroxyl groups excluding tert-OH is 1. The van der Waals surface area contributed by atoms with E-state index >= 15 is 0 Å². The molecule has 92 valence electrons. The van der Waals surface area contributed by atoms with E-state index < -0.39 is 0 Å². The summed E-state index contributed by atoms with van der Waals surface area (Å²) < 4.78 is 0. The van der Waals surface area contributed by atoms with Crippen LogP contribution in [0.4, 0.5) is 0 Å². The lowest BCUT2D eigenvalue weighted by Crippen LogP contribution is -2.27. The van der Waals surface area contributed by atoms with E-state index in [9.17, 15) is 5.11 Å². The van der Waals surface area contributed by atoms with Crippen molar-refractivity contribution in [3.63, 3.8) is 0 Å². The maximum absolute atomic E-state index is 10.0. The van der Waals surface area contributed by atoms with Crippen molar-refractivity contribution in [1.29, 1.82) is 0 Å². The van der Waals surface area contributed by atoms with E-state index in [1.54, 1.807) is 11.3 Å². The van der Waals surface area contributed by atoms with Crippen molar-refractivity contribution < 1.29 is 5.11 Å². The first-order valence-electron chi connectivity index (χ1n) is 5.82. The van der Waals surface area contributed by atoms with Gasteiger partial charge in [-0.25, -0.2) is 0 Å². The number of aliphatic hydroxyl groups is 1. The van der Waals surface area contributed by atoms with Crippen LogP contribution in [0.2, 0.25) is 0 Å². The average molecular weight is 250 g/mol. The summed E-state index contributed by atoms with van der Waals surface area (Å²) in [5.41, 5.74) is 1.24. The molecule has 0 aromatic carbocycles. The molecule has 0 aliphatic carbocycles. The predicted molar refractivity (Wildman–Crippen MR) is 71.0 cm³/mol. The summed E-state index contributed by atoms with van der Waals surface area (Å²) >= 11 is 1.61. The van der Waals surface area contributed by atoms with Gasteiger partial charge < -0.3 is 15.4 Å². The summed E-state index contributed by atoms with van der Waals surface area (Å²) in [7, 11) is 0. The average Bonchev–Trinajstić information content (AvgIpc) is 2.99. The summed E-state index contributed by atoms with van der Waals surface area (Å²) in [4.78, 5) is 4.07. The zero-order valence-electron chi connectivity index (χ0n) is 9.89. The molecule has 3 N–H and O–H groups in total. The number of aromatic nitrogens is 1. The van der Waals surface area contributed by atoms with Crippen LogP contribution in [0.15, 0.2) is 36.0 Å². The Kier molecular flexibility index (Phi) is 4.36. The number of hydrogen-bond donors (Lipinski definition) is 3. The van der Waals surface area contributed by atoms with Crippen molar-refractivity contribution in [2.45, 2.75) is 32.0 Å². The molecule has 2 atom stereocenters. The molecule has 0 radical (unpaired) electrons. The Balaban J connectivity index is 1.75. The molecule has 0 aliphatic rings. The van der Waals surface area contributed by atoms with Crippen LogP contribution in [0.3, 0.4) is 0 Å². The molecule has 2 heterocycles. The van der Waals surface area contributed by atoms with Gasteiger partial charge in [0.25, 0.3) is 0 Å². The summed E-state index contributed by atoms with van der Waals surface area (Å²) in [6.45, 7) is 2.94. The molecular formula is C13H18N2OS. The van der Waals surface area contributed by atoms with Crippen LogP contribution in [0.25, 0.3) is 0 Å². The van der Waals surface area contributed by atoms with Crippen LogP contribution in [0, 0.1) is 0 Å². The van der Waals surface area contributed by atoms with E-state index in [4.69, 9.17) is 0 Å². The SMILES string of the molecule is CC(CC(O)c1cccs1)NCc1cc[nH]c1. The predicted octanol–water partition coefficient (Wildman–Crippen LogP) is 2.68. The van der Waals surface area contributed by atoms with Crippen LogP contribution in [0.5, 0.6) is 0 Å². The highest BCUT2D eigenvalue weighted by molar-refractivity contribution is 7.10. The third-order valence-corrected chi connectivity index (χ3v) is 3.74. The van der Waals surface area contributed by atoms with Gasteiger partial charge in [-0.1, -0.05) is 6.07 Å². The van der Waals surface area contributed by atoms with Crippen molar-refractivity contribution in [3.05, 3.63) is 46.4 Å². The Hall–Kier alpha value is -1.10. The van der Waals surface area contributed by atoms with Gasteiger partial charge in [0.2, 0.25) is 0 Å². The molecule has 0 spiro atoms. The number of hydrogen-bond acceptors (Lipinski definition) is 3. The molecule has 0 fully saturated rings. The van der Waals surface area contributed by atoms with Gasteiger partial charge in [0.05, 0.1) is 6.10 Å². The number of nitrogens with one attached hydrogen (secondary N) is 2. The standard InChI is InChI=1S/C13H18N2OS/c1-10(15-9-11-4-5-14-8-11)7-12(16)13-3-2-6-17-13/h2-6,8,10,12,14-16H,7,9H2,1H3. The van der Waals surface area contributed by atoms with Crippen LogP contribution in [-0.4, -0.2) is 16.1 Å². The smallest absolute Gasteiger partial charge is 0.0896 e. The fourth-order valence-corrected chi connectivity index (χ4v) is 2.50. The lowest BCUT2D eigenvalue weighted by atomic mass is 10.1. The minimum absolute atomic E-state index is 0.294. The molecule has 0 aliphatic heterocycles. The number of H-pyrrole nitrogens is 1. The van der Waals surface area contributed by atoms with Gasteiger partial charge in [-0.2, -0.15) is 0 Å². The Labute approximate surface area is 106 Å². The third-order valence-electron chi connectivity index (χ3n) is 2.77. The molecule has 0 saturated carbocycles. The van der Waals surface area contributed by atoms with Crippen molar-refractivity contribution in [1.82, 2.24) is 10.3 Å². The Morgan fingerprint density at radius 3 is 3.00 bits per heavy atom. The van der Waals surface area contributed by atoms with E-state index in [2.05, 4.69) is 23.3 Å². The zero-order valence-corrected chi connectivity index (χ0v) is 10.7. The Bertz CT molecular complexity index is 411. The fraction of sp³-hybridized carbons (Fsp3) is 0.385. The topological polar surface area (TPSA) is 48.0 Å². The van der Waals surface area contributed by atoms with E-state index in [1.165, 1.54) is 5.56 Å². The Morgan fingerprint density at radius 2 is 2.35 bits per heavy atom. The van der Waals surface area contributed by atoms with Crippen LogP contribution in [0.1, 0.15) is 29.9 Å². The van der Waals surface area contributed by atoms with Crippen molar-refractivity contribution in [2.24, 2.45) is 0 Å². The number of aromatic amines is 1. The summed E-state index contributed by atoms with van der Waals surface area (Å²) in [6.07, 6.45) is 4.28. The lowest BCUT2D eigenvalue weighted by Gasteiger charge is -2.16. The molecule has 2 unspecified atom stereocenters. The molecule has 0 bridgehead atoms. The van der Waals surface area contributed by atoms with E-state index in [-0.39, 0.29) is 6.10 Å². The van der Waals surface area contributed by atoms with Crippen molar-refractivity contribution in [3.8, 4) is 0 Å². The van der Waals surface area contributed by atoms with Gasteiger partial charge >= 0.3 is 0 Å². The molecule has 0 saturated heterocycles. The zero-order chi connectivity index (χ0) is 12.1. The number of rotatable bonds is 6. The second-order valence-corrected chi connectivity index (χ2v) is 5.25. The van der Waals surface area contributed by atoms with Gasteiger partial charge in [0.1, 0.15) is 0 Å². The van der Waals surface area contributed by atoms with E-state index in [0.717, 1.165) is 17.8 Å². The number of thiophene rings is 1. The quantitative estimate of drug-likeness (QED) is 0.738. The molecular weight excluding hydrogens is 232 g/mol. The van der Waals surface area contributed by atoms with Crippen LogP contribution in [-0.2, 0) is 6.54 Å². The van der Waals surface area contributed by atoms with Gasteiger partial charge in [0, 0.05) is 29.9 Å². The maximum Gasteiger partial charge on any atom is 0.0896 e. The monoisotopic (exact) mass is 250 g/mol. The van der Waals surface area contributed by atoms with Crippen molar-refractivity contribution >= 4 is 11.3 Å². The van der Waals surface area contributed by atoms with E-state index in [1.807, 2.05) is 29.9 Å². The van der Waals surface area contributed by atoms with Crippen molar-refractivity contribution in [2.75, 3.05) is 0 Å². The molecule has 0 amide bonds. The normalized spacial score (nSPS) is 14.7. The first kappa shape index (κ1) is 12.4. The maximum atomic E-state index is 10.0. The van der Waals surface area contributed by atoms with Gasteiger partial charge in [-0.15, -0.1) is 11.3 Å². The van der Waals surface area contributed by atoms with Crippen LogP contribution < -0.4 is 5.32 Å². The molecule has 2 aromatic heterocycles. The summed E-state index contributed by atoms with van der Waals surface area (Å²) in [6, 6.07) is 6.30. The minimum atomic E-state index is -0.358. The fourth-order valence-electron chi connectivity index (χ4n) is 1.78. The van der Waals surface area contributed by atoms with Gasteiger partial charge in [0.15, 0.2) is 0 Å². The van der Waals surface area contributed by atoms with Gasteiger partial charge in [-0.3, -0.25) is 0 Å². The lowest BCUT2D eigenvalue weighted by molar-refractivity contribution is 0.157. The highest BCUT2D eigenvalue weighted by atomic mass is 32.1. The summed E-state index contributed by atoms with van der Waals surface area (Å²) in [5.74, 6) is 0. The second-order valence-electron chi connectivity index (χ2n) is 4.27. The second kappa shape index (κ2) is 6.00. The molecule has 2 rings (SSSR count). The minimum Gasteiger partial charge on any atom is -0.388 e. The third kappa shape index (κ3) is 3.70. The first-order valence-corrected chi connectivity index (χ1v) is 6.70.